The summed E-state index contributed by atoms with van der Waals surface area (Å²) in [4.78, 5) is 28.6. The van der Waals surface area contributed by atoms with Crippen LogP contribution >= 0.6 is 0 Å². The van der Waals surface area contributed by atoms with E-state index in [4.69, 9.17) is 9.15 Å². The molecule has 0 aliphatic carbocycles. The Kier molecular flexibility index (Phi) is 5.20. The van der Waals surface area contributed by atoms with Crippen LogP contribution in [0.2, 0.25) is 0 Å². The Bertz CT molecular complexity index is 842. The summed E-state index contributed by atoms with van der Waals surface area (Å²) in [6.45, 7) is 7.45. The molecular formula is C18H24N4O5. The maximum Gasteiger partial charge on any atom is 0.410 e. The lowest BCUT2D eigenvalue weighted by atomic mass is 9.98. The minimum atomic E-state index is -0.511. The number of carbonyl (C=O) groups is 1. The van der Waals surface area contributed by atoms with Gasteiger partial charge in [0.2, 0.25) is 0 Å². The zero-order valence-corrected chi connectivity index (χ0v) is 15.7. The molecule has 0 radical (unpaired) electrons. The summed E-state index contributed by atoms with van der Waals surface area (Å²) in [5, 5.41) is 14.0. The van der Waals surface area contributed by atoms with Crippen molar-refractivity contribution in [1.29, 1.82) is 0 Å². The molecule has 2 heterocycles. The molecule has 1 amide bonds. The number of amides is 1. The first-order valence-corrected chi connectivity index (χ1v) is 8.98. The SMILES string of the molecule is CC(C)(C)OC(=O)N1CCC[C@H](CNc2nc3cc([N+](=O)[O-])ccc3o2)C1. The third-order valence-corrected chi connectivity index (χ3v) is 4.29. The van der Waals surface area contributed by atoms with E-state index in [-0.39, 0.29) is 17.7 Å². The summed E-state index contributed by atoms with van der Waals surface area (Å²) in [6, 6.07) is 4.63. The number of ether oxygens (including phenoxy) is 1. The van der Waals surface area contributed by atoms with Crippen LogP contribution in [0.1, 0.15) is 33.6 Å². The van der Waals surface area contributed by atoms with Crippen molar-refractivity contribution in [2.45, 2.75) is 39.2 Å². The van der Waals surface area contributed by atoms with E-state index < -0.39 is 10.5 Å². The van der Waals surface area contributed by atoms with E-state index in [0.717, 1.165) is 12.8 Å². The van der Waals surface area contributed by atoms with E-state index in [1.807, 2.05) is 20.8 Å². The maximum atomic E-state index is 12.2. The first kappa shape index (κ1) is 18.9. The van der Waals surface area contributed by atoms with Gasteiger partial charge in [0.1, 0.15) is 11.1 Å². The van der Waals surface area contributed by atoms with Crippen molar-refractivity contribution in [2.24, 2.45) is 5.92 Å². The van der Waals surface area contributed by atoms with Crippen molar-refractivity contribution in [3.63, 3.8) is 0 Å². The Morgan fingerprint density at radius 2 is 2.26 bits per heavy atom. The van der Waals surface area contributed by atoms with Gasteiger partial charge in [-0.2, -0.15) is 4.98 Å². The Morgan fingerprint density at radius 1 is 1.48 bits per heavy atom. The van der Waals surface area contributed by atoms with E-state index in [2.05, 4.69) is 10.3 Å². The minimum absolute atomic E-state index is 0.0253. The zero-order chi connectivity index (χ0) is 19.6. The summed E-state index contributed by atoms with van der Waals surface area (Å²) in [6.07, 6.45) is 1.60. The Morgan fingerprint density at radius 3 is 2.96 bits per heavy atom. The average molecular weight is 376 g/mol. The van der Waals surface area contributed by atoms with Crippen molar-refractivity contribution in [3.8, 4) is 0 Å². The molecule has 0 unspecified atom stereocenters. The number of piperidine rings is 1. The second-order valence-electron chi connectivity index (χ2n) is 7.74. The molecule has 1 aromatic carbocycles. The second-order valence-corrected chi connectivity index (χ2v) is 7.74. The number of carbonyl (C=O) groups excluding carboxylic acids is 1. The number of anilines is 1. The van der Waals surface area contributed by atoms with E-state index in [1.54, 1.807) is 4.90 Å². The van der Waals surface area contributed by atoms with Gasteiger partial charge in [-0.25, -0.2) is 4.79 Å². The third-order valence-electron chi connectivity index (χ3n) is 4.29. The molecule has 9 nitrogen and oxygen atoms in total. The highest BCUT2D eigenvalue weighted by atomic mass is 16.6. The number of aromatic nitrogens is 1. The average Bonchev–Trinajstić information content (AvgIpc) is 3.00. The molecule has 1 N–H and O–H groups in total. The molecule has 0 spiro atoms. The van der Waals surface area contributed by atoms with Crippen molar-refractivity contribution in [1.82, 2.24) is 9.88 Å². The molecular weight excluding hydrogens is 352 g/mol. The summed E-state index contributed by atoms with van der Waals surface area (Å²) < 4.78 is 11.0. The summed E-state index contributed by atoms with van der Waals surface area (Å²) in [7, 11) is 0. The number of non-ortho nitro benzene ring substituents is 1. The molecule has 1 saturated heterocycles. The number of nitrogens with one attached hydrogen (secondary N) is 1. The monoisotopic (exact) mass is 376 g/mol. The minimum Gasteiger partial charge on any atom is -0.444 e. The van der Waals surface area contributed by atoms with Crippen LogP contribution < -0.4 is 5.32 Å². The van der Waals surface area contributed by atoms with Gasteiger partial charge in [0.05, 0.1) is 4.92 Å². The standard InChI is InChI=1S/C18H24N4O5/c1-18(2,3)27-17(23)21-8-4-5-12(11-21)10-19-16-20-14-9-13(22(24)25)6-7-15(14)26-16/h6-7,9,12H,4-5,8,10-11H2,1-3H3,(H,19,20)/t12-/m1/s1. The molecule has 1 aromatic heterocycles. The lowest BCUT2D eigenvalue weighted by Crippen LogP contribution is -2.44. The fourth-order valence-electron chi connectivity index (χ4n) is 3.06. The van der Waals surface area contributed by atoms with Gasteiger partial charge in [0, 0.05) is 31.8 Å². The van der Waals surface area contributed by atoms with E-state index in [9.17, 15) is 14.9 Å². The number of oxazole rings is 1. The van der Waals surface area contributed by atoms with Gasteiger partial charge in [-0.3, -0.25) is 10.1 Å². The van der Waals surface area contributed by atoms with E-state index >= 15 is 0 Å². The van der Waals surface area contributed by atoms with Crippen LogP contribution in [-0.2, 0) is 4.74 Å². The molecule has 27 heavy (non-hydrogen) atoms. The number of rotatable bonds is 4. The van der Waals surface area contributed by atoms with Crippen LogP contribution in [0.15, 0.2) is 22.6 Å². The Hall–Kier alpha value is -2.84. The predicted molar refractivity (Wildman–Crippen MR) is 99.7 cm³/mol. The third kappa shape index (κ3) is 4.87. The topological polar surface area (TPSA) is 111 Å². The van der Waals surface area contributed by atoms with Crippen LogP contribution in [0, 0.1) is 16.0 Å². The van der Waals surface area contributed by atoms with Crippen molar-refractivity contribution in [2.75, 3.05) is 25.0 Å². The predicted octanol–water partition coefficient (Wildman–Crippen LogP) is 3.80. The molecule has 1 aliphatic rings. The Labute approximate surface area is 156 Å². The molecule has 146 valence electrons. The smallest absolute Gasteiger partial charge is 0.410 e. The quantitative estimate of drug-likeness (QED) is 0.638. The first-order chi connectivity index (χ1) is 12.7. The number of nitro groups is 1. The summed E-state index contributed by atoms with van der Waals surface area (Å²) in [5.74, 6) is 0.246. The van der Waals surface area contributed by atoms with Gasteiger partial charge in [-0.05, 0) is 45.6 Å². The van der Waals surface area contributed by atoms with E-state index in [0.29, 0.717) is 36.7 Å². The number of likely N-dealkylation sites (tertiary alicyclic amines) is 1. The van der Waals surface area contributed by atoms with Crippen LogP contribution in [0.4, 0.5) is 16.5 Å². The summed E-state index contributed by atoms with van der Waals surface area (Å²) in [5.41, 5.74) is 0.388. The number of hydrogen-bond acceptors (Lipinski definition) is 7. The van der Waals surface area contributed by atoms with Crippen LogP contribution in [0.25, 0.3) is 11.1 Å². The Balaban J connectivity index is 1.58. The highest BCUT2D eigenvalue weighted by Crippen LogP contribution is 2.25. The first-order valence-electron chi connectivity index (χ1n) is 8.98. The highest BCUT2D eigenvalue weighted by Gasteiger charge is 2.27. The summed E-state index contributed by atoms with van der Waals surface area (Å²) >= 11 is 0. The highest BCUT2D eigenvalue weighted by molar-refractivity contribution is 5.77. The molecule has 0 saturated carbocycles. The maximum absolute atomic E-state index is 12.2. The lowest BCUT2D eigenvalue weighted by molar-refractivity contribution is -0.384. The second kappa shape index (κ2) is 7.42. The van der Waals surface area contributed by atoms with Crippen molar-refractivity contribution in [3.05, 3.63) is 28.3 Å². The van der Waals surface area contributed by atoms with Crippen LogP contribution in [-0.4, -0.2) is 46.1 Å². The largest absolute Gasteiger partial charge is 0.444 e. The van der Waals surface area contributed by atoms with Gasteiger partial charge < -0.3 is 19.4 Å². The molecule has 0 bridgehead atoms. The fraction of sp³-hybridized carbons (Fsp3) is 0.556. The number of nitrogens with zero attached hydrogens (tertiary/aromatic N) is 3. The van der Waals surface area contributed by atoms with Crippen LogP contribution in [0.5, 0.6) is 0 Å². The van der Waals surface area contributed by atoms with Crippen molar-refractivity contribution < 1.29 is 18.9 Å². The van der Waals surface area contributed by atoms with E-state index in [1.165, 1.54) is 18.2 Å². The van der Waals surface area contributed by atoms with Gasteiger partial charge >= 0.3 is 6.09 Å². The van der Waals surface area contributed by atoms with Crippen molar-refractivity contribution >= 4 is 28.9 Å². The molecule has 2 aromatic rings. The molecule has 3 rings (SSSR count). The molecule has 1 fully saturated rings. The number of hydrogen-bond donors (Lipinski definition) is 1. The van der Waals surface area contributed by atoms with Gasteiger partial charge in [0.25, 0.3) is 11.7 Å². The number of benzene rings is 1. The van der Waals surface area contributed by atoms with Gasteiger partial charge in [0.15, 0.2) is 5.58 Å². The molecule has 1 atom stereocenters. The number of nitro benzene ring substituents is 1. The zero-order valence-electron chi connectivity index (χ0n) is 15.7. The normalized spacial score (nSPS) is 17.7. The van der Waals surface area contributed by atoms with Crippen LogP contribution in [0.3, 0.4) is 0 Å². The van der Waals surface area contributed by atoms with Gasteiger partial charge in [-0.15, -0.1) is 0 Å². The van der Waals surface area contributed by atoms with Gasteiger partial charge in [-0.1, -0.05) is 0 Å². The number of fused-ring (bicyclic) bond motifs is 1. The fourth-order valence-corrected chi connectivity index (χ4v) is 3.06. The lowest BCUT2D eigenvalue weighted by Gasteiger charge is -2.34. The molecule has 1 aliphatic heterocycles. The molecule has 9 heteroatoms.